The highest BCUT2D eigenvalue weighted by Gasteiger charge is 2.29. The fourth-order valence-corrected chi connectivity index (χ4v) is 3.07. The van der Waals surface area contributed by atoms with Crippen molar-refractivity contribution in [3.63, 3.8) is 0 Å². The molecule has 1 aromatic rings. The summed E-state index contributed by atoms with van der Waals surface area (Å²) in [4.78, 5) is 17.7. The predicted molar refractivity (Wildman–Crippen MR) is 83.2 cm³/mol. The van der Waals surface area contributed by atoms with Crippen molar-refractivity contribution in [2.45, 2.75) is 64.3 Å². The van der Waals surface area contributed by atoms with Gasteiger partial charge in [0.1, 0.15) is 11.9 Å². The maximum absolute atomic E-state index is 13.5. The first-order valence-corrected chi connectivity index (χ1v) is 8.14. The topological polar surface area (TPSA) is 33.2 Å². The fourth-order valence-electron chi connectivity index (χ4n) is 3.07. The molecule has 116 valence electrons. The summed E-state index contributed by atoms with van der Waals surface area (Å²) in [6, 6.07) is 2.05. The van der Waals surface area contributed by atoms with Gasteiger partial charge in [-0.2, -0.15) is 4.39 Å². The third-order valence-electron chi connectivity index (χ3n) is 4.20. The summed E-state index contributed by atoms with van der Waals surface area (Å²) in [6.07, 6.45) is 9.77. The van der Waals surface area contributed by atoms with Crippen molar-refractivity contribution < 1.29 is 9.18 Å². The standard InChI is InChI=1S/C17H25FN2O/c1-2-3-4-5-6-11-15(16(18)21)20-13-8-10-14-9-7-12-19-17(14)20/h7,9,12,15H,2-6,8,10-11,13H2,1H3. The molecular formula is C17H25FN2O. The number of unbranched alkanes of at least 4 members (excludes halogenated alkanes) is 4. The van der Waals surface area contributed by atoms with Gasteiger partial charge in [-0.15, -0.1) is 0 Å². The van der Waals surface area contributed by atoms with E-state index in [0.29, 0.717) is 6.42 Å². The van der Waals surface area contributed by atoms with Crippen LogP contribution in [-0.2, 0) is 11.2 Å². The number of aryl methyl sites for hydroxylation is 1. The highest BCUT2D eigenvalue weighted by molar-refractivity contribution is 5.79. The number of carbonyl (C=O) groups excluding carboxylic acids is 1. The van der Waals surface area contributed by atoms with Gasteiger partial charge >= 0.3 is 6.04 Å². The van der Waals surface area contributed by atoms with Crippen LogP contribution in [-0.4, -0.2) is 23.6 Å². The molecule has 4 heteroatoms. The van der Waals surface area contributed by atoms with Gasteiger partial charge in [0, 0.05) is 12.7 Å². The van der Waals surface area contributed by atoms with E-state index in [4.69, 9.17) is 0 Å². The fraction of sp³-hybridized carbons (Fsp3) is 0.647. The highest BCUT2D eigenvalue weighted by atomic mass is 19.1. The predicted octanol–water partition coefficient (Wildman–Crippen LogP) is 4.06. The second-order valence-electron chi connectivity index (χ2n) is 5.81. The first kappa shape index (κ1) is 15.9. The maximum atomic E-state index is 13.5. The van der Waals surface area contributed by atoms with Crippen LogP contribution in [0.3, 0.4) is 0 Å². The third kappa shape index (κ3) is 4.26. The Morgan fingerprint density at radius 3 is 2.95 bits per heavy atom. The molecule has 0 N–H and O–H groups in total. The van der Waals surface area contributed by atoms with Crippen LogP contribution in [0.2, 0.25) is 0 Å². The summed E-state index contributed by atoms with van der Waals surface area (Å²) in [6.45, 7) is 2.89. The number of rotatable bonds is 8. The van der Waals surface area contributed by atoms with Gasteiger partial charge in [0.2, 0.25) is 0 Å². The number of hydrogen-bond acceptors (Lipinski definition) is 3. The van der Waals surface area contributed by atoms with E-state index in [1.54, 1.807) is 6.20 Å². The van der Waals surface area contributed by atoms with Crippen LogP contribution < -0.4 is 4.90 Å². The van der Waals surface area contributed by atoms with Crippen LogP contribution in [0.4, 0.5) is 10.2 Å². The van der Waals surface area contributed by atoms with Gasteiger partial charge in [-0.3, -0.25) is 4.79 Å². The summed E-state index contributed by atoms with van der Waals surface area (Å²) >= 11 is 0. The molecule has 1 aliphatic heterocycles. The number of halogens is 1. The second-order valence-corrected chi connectivity index (χ2v) is 5.81. The Bertz CT molecular complexity index is 464. The monoisotopic (exact) mass is 292 g/mol. The van der Waals surface area contributed by atoms with Gasteiger partial charge in [0.15, 0.2) is 0 Å². The van der Waals surface area contributed by atoms with Crippen molar-refractivity contribution in [1.29, 1.82) is 0 Å². The lowest BCUT2D eigenvalue weighted by atomic mass is 10.0. The molecule has 2 heterocycles. The number of anilines is 1. The molecule has 0 amide bonds. The van der Waals surface area contributed by atoms with E-state index in [9.17, 15) is 9.18 Å². The molecule has 21 heavy (non-hydrogen) atoms. The number of aromatic nitrogens is 1. The van der Waals surface area contributed by atoms with Gasteiger partial charge in [-0.05, 0) is 30.9 Å². The van der Waals surface area contributed by atoms with Gasteiger partial charge < -0.3 is 4.90 Å². The van der Waals surface area contributed by atoms with Crippen LogP contribution in [0.5, 0.6) is 0 Å². The SMILES string of the molecule is CCCCCCCC(C(=O)F)N1CCCc2cccnc21. The molecule has 1 aromatic heterocycles. The van der Waals surface area contributed by atoms with E-state index >= 15 is 0 Å². The van der Waals surface area contributed by atoms with Crippen molar-refractivity contribution in [1.82, 2.24) is 4.98 Å². The summed E-state index contributed by atoms with van der Waals surface area (Å²) in [5.74, 6) is 0.799. The Hall–Kier alpha value is -1.45. The molecule has 0 aromatic carbocycles. The van der Waals surface area contributed by atoms with Crippen molar-refractivity contribution in [3.8, 4) is 0 Å². The van der Waals surface area contributed by atoms with E-state index in [2.05, 4.69) is 11.9 Å². The van der Waals surface area contributed by atoms with E-state index in [-0.39, 0.29) is 0 Å². The second kappa shape index (κ2) is 8.11. The highest BCUT2D eigenvalue weighted by Crippen LogP contribution is 2.28. The number of nitrogens with zero attached hydrogens (tertiary/aromatic N) is 2. The maximum Gasteiger partial charge on any atom is 0.323 e. The molecule has 0 saturated carbocycles. The summed E-state index contributed by atoms with van der Waals surface area (Å²) in [5, 5.41) is 0. The molecule has 1 atom stereocenters. The van der Waals surface area contributed by atoms with E-state index in [1.807, 2.05) is 17.0 Å². The minimum atomic E-state index is -1.22. The average Bonchev–Trinajstić information content (AvgIpc) is 2.50. The van der Waals surface area contributed by atoms with Crippen LogP contribution in [0.15, 0.2) is 18.3 Å². The Morgan fingerprint density at radius 1 is 1.38 bits per heavy atom. The number of fused-ring (bicyclic) bond motifs is 1. The molecule has 0 spiro atoms. The first-order valence-electron chi connectivity index (χ1n) is 8.14. The summed E-state index contributed by atoms with van der Waals surface area (Å²) in [5.41, 5.74) is 1.13. The lowest BCUT2D eigenvalue weighted by Gasteiger charge is -2.34. The summed E-state index contributed by atoms with van der Waals surface area (Å²) < 4.78 is 13.5. The molecule has 2 rings (SSSR count). The zero-order valence-electron chi connectivity index (χ0n) is 12.9. The number of carbonyl (C=O) groups is 1. The van der Waals surface area contributed by atoms with Gasteiger partial charge in [0.05, 0.1) is 0 Å². The molecule has 1 unspecified atom stereocenters. The van der Waals surface area contributed by atoms with Gasteiger partial charge in [-0.25, -0.2) is 4.98 Å². The van der Waals surface area contributed by atoms with Crippen LogP contribution in [0.25, 0.3) is 0 Å². The number of hydrogen-bond donors (Lipinski definition) is 0. The molecule has 0 fully saturated rings. The molecular weight excluding hydrogens is 267 g/mol. The van der Waals surface area contributed by atoms with Crippen LogP contribution in [0.1, 0.15) is 57.4 Å². The third-order valence-corrected chi connectivity index (χ3v) is 4.20. The minimum Gasteiger partial charge on any atom is -0.343 e. The Kier molecular flexibility index (Phi) is 6.15. The smallest absolute Gasteiger partial charge is 0.323 e. The summed E-state index contributed by atoms with van der Waals surface area (Å²) in [7, 11) is 0. The van der Waals surface area contributed by atoms with Gasteiger partial charge in [-0.1, -0.05) is 45.1 Å². The number of pyridine rings is 1. The van der Waals surface area contributed by atoms with Crippen molar-refractivity contribution in [2.75, 3.05) is 11.4 Å². The molecule has 0 bridgehead atoms. The molecule has 3 nitrogen and oxygen atoms in total. The largest absolute Gasteiger partial charge is 0.343 e. The molecule has 0 saturated heterocycles. The van der Waals surface area contributed by atoms with E-state index in [0.717, 1.165) is 43.6 Å². The van der Waals surface area contributed by atoms with Crippen LogP contribution >= 0.6 is 0 Å². The van der Waals surface area contributed by atoms with Gasteiger partial charge in [0.25, 0.3) is 0 Å². The van der Waals surface area contributed by atoms with Crippen molar-refractivity contribution in [2.24, 2.45) is 0 Å². The first-order chi connectivity index (χ1) is 10.2. The quantitative estimate of drug-likeness (QED) is 0.535. The lowest BCUT2D eigenvalue weighted by molar-refractivity contribution is -0.130. The van der Waals surface area contributed by atoms with E-state index in [1.165, 1.54) is 19.3 Å². The van der Waals surface area contributed by atoms with Crippen LogP contribution in [0, 0.1) is 0 Å². The van der Waals surface area contributed by atoms with E-state index < -0.39 is 12.1 Å². The molecule has 0 aliphatic carbocycles. The van der Waals surface area contributed by atoms with Crippen molar-refractivity contribution >= 4 is 11.9 Å². The average molecular weight is 292 g/mol. The van der Waals surface area contributed by atoms with Crippen molar-refractivity contribution in [3.05, 3.63) is 23.9 Å². The zero-order valence-corrected chi connectivity index (χ0v) is 12.9. The Balaban J connectivity index is 2.00. The minimum absolute atomic E-state index is 0.592. The molecule has 1 aliphatic rings. The lowest BCUT2D eigenvalue weighted by Crippen LogP contribution is -2.43. The molecule has 0 radical (unpaired) electrons. The zero-order chi connectivity index (χ0) is 15.1. The Morgan fingerprint density at radius 2 is 2.19 bits per heavy atom. The Labute approximate surface area is 126 Å². The normalized spacial score (nSPS) is 15.6.